The molecule has 0 saturated carbocycles. The molecule has 0 unspecified atom stereocenters. The lowest BCUT2D eigenvalue weighted by atomic mass is 10.5. The molecule has 0 rings (SSSR count). The Morgan fingerprint density at radius 1 is 1.55 bits per heavy atom. The number of rotatable bonds is 4. The molecular weight excluding hydrogens is 163 g/mol. The van der Waals surface area contributed by atoms with E-state index in [0.29, 0.717) is 0 Å². The SMILES string of the molecule is C=CC(=O)OCCC(=O)O.[AlH3]. The summed E-state index contributed by atoms with van der Waals surface area (Å²) in [4.78, 5) is 20.1. The van der Waals surface area contributed by atoms with Gasteiger partial charge in [-0.2, -0.15) is 0 Å². The van der Waals surface area contributed by atoms with Crippen molar-refractivity contribution in [2.45, 2.75) is 6.42 Å². The summed E-state index contributed by atoms with van der Waals surface area (Å²) in [7, 11) is 0. The molecule has 0 aromatic rings. The van der Waals surface area contributed by atoms with Crippen LogP contribution < -0.4 is 0 Å². The van der Waals surface area contributed by atoms with Gasteiger partial charge in [-0.1, -0.05) is 6.58 Å². The van der Waals surface area contributed by atoms with E-state index in [1.165, 1.54) is 0 Å². The Hall–Kier alpha value is -0.788. The largest absolute Gasteiger partial charge is 0.481 e. The van der Waals surface area contributed by atoms with Gasteiger partial charge in [0.05, 0.1) is 6.42 Å². The van der Waals surface area contributed by atoms with Crippen LogP contribution in [0.4, 0.5) is 0 Å². The maximum Gasteiger partial charge on any atom is 0.330 e. The van der Waals surface area contributed by atoms with E-state index in [2.05, 4.69) is 11.3 Å². The van der Waals surface area contributed by atoms with Crippen LogP contribution in [0.3, 0.4) is 0 Å². The quantitative estimate of drug-likeness (QED) is 0.337. The second kappa shape index (κ2) is 7.32. The van der Waals surface area contributed by atoms with E-state index in [-0.39, 0.29) is 30.4 Å². The predicted molar refractivity (Wildman–Crippen MR) is 43.3 cm³/mol. The fourth-order valence-corrected chi connectivity index (χ4v) is 0.298. The number of hydrogen-bond donors (Lipinski definition) is 1. The van der Waals surface area contributed by atoms with Gasteiger partial charge in [-0.3, -0.25) is 4.79 Å². The summed E-state index contributed by atoms with van der Waals surface area (Å²) in [5.74, 6) is -1.59. The van der Waals surface area contributed by atoms with Crippen molar-refractivity contribution in [1.29, 1.82) is 0 Å². The normalized spacial score (nSPS) is 7.64. The molecular formula is C6H11AlO4. The first-order valence-electron chi connectivity index (χ1n) is 2.68. The van der Waals surface area contributed by atoms with Gasteiger partial charge in [-0.25, -0.2) is 4.79 Å². The molecule has 0 aliphatic heterocycles. The lowest BCUT2D eigenvalue weighted by Crippen LogP contribution is -2.06. The third-order valence-corrected chi connectivity index (χ3v) is 0.727. The standard InChI is InChI=1S/C6H8O4.Al.3H/c1-2-6(9)10-4-3-5(7)8;;;;/h2H,1,3-4H2,(H,7,8);;;;. The van der Waals surface area contributed by atoms with E-state index >= 15 is 0 Å². The van der Waals surface area contributed by atoms with E-state index in [9.17, 15) is 9.59 Å². The van der Waals surface area contributed by atoms with Gasteiger partial charge in [0, 0.05) is 6.08 Å². The molecule has 4 nitrogen and oxygen atoms in total. The molecule has 11 heavy (non-hydrogen) atoms. The van der Waals surface area contributed by atoms with Gasteiger partial charge < -0.3 is 9.84 Å². The maximum atomic E-state index is 10.3. The zero-order valence-corrected chi connectivity index (χ0v) is 5.37. The fraction of sp³-hybridized carbons (Fsp3) is 0.333. The van der Waals surface area contributed by atoms with Crippen LogP contribution in [0.1, 0.15) is 6.42 Å². The second-order valence-corrected chi connectivity index (χ2v) is 1.52. The first kappa shape index (κ1) is 12.9. The number of aliphatic carboxylic acids is 1. The van der Waals surface area contributed by atoms with Gasteiger partial charge in [0.25, 0.3) is 0 Å². The highest BCUT2D eigenvalue weighted by Crippen LogP contribution is 1.83. The summed E-state index contributed by atoms with van der Waals surface area (Å²) in [6.07, 6.45) is 0.821. The smallest absolute Gasteiger partial charge is 0.330 e. The minimum Gasteiger partial charge on any atom is -0.481 e. The van der Waals surface area contributed by atoms with E-state index in [1.807, 2.05) is 0 Å². The van der Waals surface area contributed by atoms with Gasteiger partial charge in [0.15, 0.2) is 17.4 Å². The summed E-state index contributed by atoms with van der Waals surface area (Å²) in [6.45, 7) is 3.04. The van der Waals surface area contributed by atoms with E-state index < -0.39 is 11.9 Å². The van der Waals surface area contributed by atoms with Crippen molar-refractivity contribution in [2.75, 3.05) is 6.61 Å². The number of carboxylic acid groups (broad SMARTS) is 1. The lowest BCUT2D eigenvalue weighted by molar-refractivity contribution is -0.142. The third-order valence-electron chi connectivity index (χ3n) is 0.727. The first-order valence-corrected chi connectivity index (χ1v) is 2.68. The van der Waals surface area contributed by atoms with Crippen molar-refractivity contribution >= 4 is 29.3 Å². The average molecular weight is 174 g/mol. The molecule has 5 heteroatoms. The van der Waals surface area contributed by atoms with Gasteiger partial charge >= 0.3 is 11.9 Å². The minimum absolute atomic E-state index is 0. The Bertz CT molecular complexity index is 155. The molecule has 0 atom stereocenters. The van der Waals surface area contributed by atoms with Crippen molar-refractivity contribution in [1.82, 2.24) is 0 Å². The minimum atomic E-state index is -0.989. The predicted octanol–water partition coefficient (Wildman–Crippen LogP) is -0.994. The highest BCUT2D eigenvalue weighted by molar-refractivity contribution is 5.81. The molecule has 0 aliphatic rings. The summed E-state index contributed by atoms with van der Waals surface area (Å²) in [5, 5.41) is 8.08. The summed E-state index contributed by atoms with van der Waals surface area (Å²) >= 11 is 0. The molecule has 0 saturated heterocycles. The topological polar surface area (TPSA) is 63.6 Å². The molecule has 0 bridgehead atoms. The molecule has 0 amide bonds. The van der Waals surface area contributed by atoms with Crippen LogP contribution in [0, 0.1) is 0 Å². The molecule has 0 fully saturated rings. The number of esters is 1. The van der Waals surface area contributed by atoms with Crippen molar-refractivity contribution < 1.29 is 19.4 Å². The van der Waals surface area contributed by atoms with E-state index in [4.69, 9.17) is 5.11 Å². The Morgan fingerprint density at radius 2 is 2.09 bits per heavy atom. The molecule has 0 aliphatic carbocycles. The van der Waals surface area contributed by atoms with Crippen molar-refractivity contribution in [3.05, 3.63) is 12.7 Å². The lowest BCUT2D eigenvalue weighted by Gasteiger charge is -1.96. The van der Waals surface area contributed by atoms with Crippen molar-refractivity contribution in [3.8, 4) is 0 Å². The van der Waals surface area contributed by atoms with Gasteiger partial charge in [-0.05, 0) is 0 Å². The van der Waals surface area contributed by atoms with Crippen LogP contribution >= 0.6 is 0 Å². The Labute approximate surface area is 75.0 Å². The summed E-state index contributed by atoms with van der Waals surface area (Å²) < 4.78 is 4.36. The number of carbonyl (C=O) groups is 2. The molecule has 0 spiro atoms. The van der Waals surface area contributed by atoms with E-state index in [1.54, 1.807) is 0 Å². The van der Waals surface area contributed by atoms with Gasteiger partial charge in [-0.15, -0.1) is 0 Å². The van der Waals surface area contributed by atoms with Crippen LogP contribution in [0.25, 0.3) is 0 Å². The molecule has 0 aromatic heterocycles. The number of ether oxygens (including phenoxy) is 1. The highest BCUT2D eigenvalue weighted by atomic mass is 27.0. The fourth-order valence-electron chi connectivity index (χ4n) is 0.298. The van der Waals surface area contributed by atoms with Crippen LogP contribution in [0.5, 0.6) is 0 Å². The Morgan fingerprint density at radius 3 is 2.45 bits per heavy atom. The summed E-state index contributed by atoms with van der Waals surface area (Å²) in [6, 6.07) is 0. The van der Waals surface area contributed by atoms with Crippen LogP contribution in [0.2, 0.25) is 0 Å². The first-order chi connectivity index (χ1) is 4.66. The third kappa shape index (κ3) is 9.21. The van der Waals surface area contributed by atoms with Crippen LogP contribution in [-0.4, -0.2) is 41.0 Å². The molecule has 0 aromatic carbocycles. The average Bonchev–Trinajstić information content (AvgIpc) is 1.87. The zero-order chi connectivity index (χ0) is 7.98. The second-order valence-electron chi connectivity index (χ2n) is 1.52. The number of hydrogen-bond acceptors (Lipinski definition) is 3. The number of carbonyl (C=O) groups excluding carboxylic acids is 1. The monoisotopic (exact) mass is 174 g/mol. The van der Waals surface area contributed by atoms with Crippen LogP contribution in [-0.2, 0) is 14.3 Å². The summed E-state index contributed by atoms with van der Waals surface area (Å²) in [5.41, 5.74) is 0. The highest BCUT2D eigenvalue weighted by Gasteiger charge is 1.98. The van der Waals surface area contributed by atoms with Crippen molar-refractivity contribution in [2.24, 2.45) is 0 Å². The van der Waals surface area contributed by atoms with Crippen molar-refractivity contribution in [3.63, 3.8) is 0 Å². The van der Waals surface area contributed by atoms with Crippen LogP contribution in [0.15, 0.2) is 12.7 Å². The maximum absolute atomic E-state index is 10.3. The van der Waals surface area contributed by atoms with Gasteiger partial charge in [0.1, 0.15) is 6.61 Å². The molecule has 1 N–H and O–H groups in total. The van der Waals surface area contributed by atoms with Gasteiger partial charge in [0.2, 0.25) is 0 Å². The molecule has 62 valence electrons. The molecule has 0 heterocycles. The van der Waals surface area contributed by atoms with E-state index in [0.717, 1.165) is 6.08 Å². The number of carboxylic acids is 1. The molecule has 0 radical (unpaired) electrons. The Balaban J connectivity index is 0. The Kier molecular flexibility index (Phi) is 8.55. The zero-order valence-electron chi connectivity index (χ0n) is 5.37.